The molecule has 0 bridgehead atoms. The Kier molecular flexibility index (Phi) is 12.0. The summed E-state index contributed by atoms with van der Waals surface area (Å²) in [5.41, 5.74) is 14.4. The maximum Gasteiger partial charge on any atom is -1.00 e. The van der Waals surface area contributed by atoms with Crippen LogP contribution in [0, 0.1) is 11.3 Å². The quantitative estimate of drug-likeness (QED) is 0.185. The largest absolute Gasteiger partial charge is 1.00 e. The summed E-state index contributed by atoms with van der Waals surface area (Å²) < 4.78 is 5.08. The average molecular weight is 761 g/mol. The molecule has 5 aromatic rings. The topological polar surface area (TPSA) is 0 Å². The molecule has 248 valence electrons. The van der Waals surface area contributed by atoms with Crippen LogP contribution in [0.5, 0.6) is 0 Å². The number of hydrogen-bond donors (Lipinski definition) is 0. The van der Waals surface area contributed by atoms with E-state index in [0.717, 1.165) is 6.42 Å². The average Bonchev–Trinajstić information content (AvgIpc) is 3.70. The molecule has 0 nitrogen and oxygen atoms in total. The van der Waals surface area contributed by atoms with Gasteiger partial charge in [0.2, 0.25) is 0 Å². The molecule has 0 radical (unpaired) electrons. The predicted octanol–water partition coefficient (Wildman–Crippen LogP) is 5.76. The van der Waals surface area contributed by atoms with Gasteiger partial charge in [-0.2, -0.15) is 0 Å². The van der Waals surface area contributed by atoms with Crippen molar-refractivity contribution >= 4 is 6.48 Å². The molecule has 0 aliphatic heterocycles. The Morgan fingerprint density at radius 1 is 0.694 bits per heavy atom. The van der Waals surface area contributed by atoms with Crippen LogP contribution in [0.4, 0.5) is 0 Å². The van der Waals surface area contributed by atoms with Crippen molar-refractivity contribution in [3.8, 4) is 33.4 Å². The van der Waals surface area contributed by atoms with E-state index in [4.69, 9.17) is 0 Å². The maximum absolute atomic E-state index is 2.77. The molecule has 5 aromatic carbocycles. The second-order valence-corrected chi connectivity index (χ2v) is 20.7. The minimum absolute atomic E-state index is 0. The third kappa shape index (κ3) is 7.51. The van der Waals surface area contributed by atoms with Crippen LogP contribution in [-0.2, 0) is 27.7 Å². The van der Waals surface area contributed by atoms with Gasteiger partial charge in [0, 0.05) is 0 Å². The van der Waals surface area contributed by atoms with Crippen molar-refractivity contribution in [3.63, 3.8) is 0 Å². The summed E-state index contributed by atoms with van der Waals surface area (Å²) in [7, 11) is 0. The zero-order valence-corrected chi connectivity index (χ0v) is 33.3. The minimum atomic E-state index is -2.77. The van der Waals surface area contributed by atoms with Crippen LogP contribution >= 0.6 is 0 Å². The van der Waals surface area contributed by atoms with E-state index in [1.54, 1.807) is 15.3 Å². The standard InChI is InChI=1S/C25H17.C13H21.C8H8.2ClH.Zr/c1-3-7-18(8-4-1)20-11-13-24-22(15-20)17-23-16-21(12-14-25(23)24)19-9-5-2-6-10-19;1-5-6-7-11-8-9-12(10-11)13(2,3)4;1-2-8-6-4-3-5-7-8;;;/h1-15H,17H2;9-11H,5-7H2,1-4H3;3-7H,1H3;2*1H;/q;;;;;+2/p-2. The molecule has 0 aromatic heterocycles. The fourth-order valence-corrected chi connectivity index (χ4v) is 16.2. The molecule has 2 aliphatic rings. The van der Waals surface area contributed by atoms with Gasteiger partial charge in [0.1, 0.15) is 0 Å². The Morgan fingerprint density at radius 2 is 1.29 bits per heavy atom. The third-order valence-electron chi connectivity index (χ3n) is 10.2. The zero-order valence-electron chi connectivity index (χ0n) is 29.4. The smallest absolute Gasteiger partial charge is 1.00 e. The van der Waals surface area contributed by atoms with Gasteiger partial charge in [-0.25, -0.2) is 0 Å². The Labute approximate surface area is 314 Å². The van der Waals surface area contributed by atoms with Gasteiger partial charge in [0.15, 0.2) is 0 Å². The monoisotopic (exact) mass is 758 g/mol. The van der Waals surface area contributed by atoms with E-state index in [2.05, 4.69) is 168 Å². The van der Waals surface area contributed by atoms with Gasteiger partial charge in [0.25, 0.3) is 0 Å². The van der Waals surface area contributed by atoms with Gasteiger partial charge >= 0.3 is 292 Å². The summed E-state index contributed by atoms with van der Waals surface area (Å²) in [6, 6.07) is 45.5. The molecule has 1 unspecified atom stereocenters. The maximum atomic E-state index is 2.69. The summed E-state index contributed by atoms with van der Waals surface area (Å²) in [5, 5.41) is 0. The number of hydrogen-bond acceptors (Lipinski definition) is 0. The van der Waals surface area contributed by atoms with Gasteiger partial charge in [-0.1, -0.05) is 0 Å². The molecule has 49 heavy (non-hydrogen) atoms. The number of benzene rings is 5. The summed E-state index contributed by atoms with van der Waals surface area (Å²) in [6.07, 6.45) is 10.1. The van der Waals surface area contributed by atoms with Gasteiger partial charge < -0.3 is 24.8 Å². The van der Waals surface area contributed by atoms with E-state index in [0.29, 0.717) is 5.92 Å². The molecule has 0 saturated heterocycles. The molecular weight excluding hydrogens is 715 g/mol. The number of rotatable bonds is 8. The minimum Gasteiger partial charge on any atom is -1.00 e. The van der Waals surface area contributed by atoms with Crippen molar-refractivity contribution in [2.45, 2.75) is 60.3 Å². The number of unbranched alkanes of at least 4 members (excludes halogenated alkanes) is 1. The van der Waals surface area contributed by atoms with Crippen LogP contribution in [0.1, 0.15) is 70.6 Å². The van der Waals surface area contributed by atoms with E-state index in [1.165, 1.54) is 69.3 Å². The van der Waals surface area contributed by atoms with Crippen LogP contribution in [0.2, 0.25) is 0 Å². The molecule has 0 heterocycles. The van der Waals surface area contributed by atoms with Gasteiger partial charge in [-0.15, -0.1) is 0 Å². The molecule has 3 heteroatoms. The first kappa shape index (κ1) is 37.2. The van der Waals surface area contributed by atoms with E-state index < -0.39 is 21.3 Å². The second kappa shape index (κ2) is 15.9. The SMILES string of the molecule is CCCCC1C=C(C(C)(C)C)C=[C]1/[Zr+2](=[C](\C)c1ccccc1)[c]1c(-c2ccccc2)ccc2c1Cc1cc(-c3ccccc3)ccc1-2.[Cl-].[Cl-]. The third-order valence-corrected chi connectivity index (χ3v) is 18.1. The first-order chi connectivity index (χ1) is 22.8. The van der Waals surface area contributed by atoms with Gasteiger partial charge in [-0.05, 0) is 0 Å². The first-order valence-electron chi connectivity index (χ1n) is 17.4. The van der Waals surface area contributed by atoms with Crippen molar-refractivity contribution in [2.24, 2.45) is 11.3 Å². The second-order valence-electron chi connectivity index (χ2n) is 14.4. The molecular formula is C46H46Cl2Zr. The van der Waals surface area contributed by atoms with Crippen LogP contribution < -0.4 is 28.1 Å². The Balaban J connectivity index is 0.00000234. The number of allylic oxidation sites excluding steroid dienone is 4. The van der Waals surface area contributed by atoms with Crippen LogP contribution in [0.15, 0.2) is 142 Å². The fourth-order valence-electron chi connectivity index (χ4n) is 7.63. The molecule has 0 fully saturated rings. The molecule has 2 aliphatic carbocycles. The molecule has 0 amide bonds. The van der Waals surface area contributed by atoms with Gasteiger partial charge in [0.05, 0.1) is 0 Å². The molecule has 0 spiro atoms. The first-order valence-corrected chi connectivity index (χ1v) is 21.1. The number of fused-ring (bicyclic) bond motifs is 3. The van der Waals surface area contributed by atoms with Crippen LogP contribution in [0.25, 0.3) is 33.4 Å². The van der Waals surface area contributed by atoms with Crippen molar-refractivity contribution in [2.75, 3.05) is 0 Å². The van der Waals surface area contributed by atoms with Crippen molar-refractivity contribution in [1.29, 1.82) is 0 Å². The normalized spacial score (nSPS) is 14.9. The Bertz CT molecular complexity index is 2010. The summed E-state index contributed by atoms with van der Waals surface area (Å²) in [6.45, 7) is 12.0. The molecule has 0 saturated carbocycles. The van der Waals surface area contributed by atoms with Crippen molar-refractivity contribution in [1.82, 2.24) is 0 Å². The van der Waals surface area contributed by atoms with Crippen molar-refractivity contribution in [3.05, 3.63) is 159 Å². The van der Waals surface area contributed by atoms with E-state index in [9.17, 15) is 0 Å². The predicted molar refractivity (Wildman–Crippen MR) is 200 cm³/mol. The summed E-state index contributed by atoms with van der Waals surface area (Å²) in [5.74, 6) is 0.519. The fraction of sp³-hybridized carbons (Fsp3) is 0.239. The molecule has 1 atom stereocenters. The summed E-state index contributed by atoms with van der Waals surface area (Å²) in [4.78, 5) is 0. The van der Waals surface area contributed by atoms with Crippen molar-refractivity contribution < 1.29 is 46.1 Å². The van der Waals surface area contributed by atoms with E-state index in [-0.39, 0.29) is 30.2 Å². The Hall–Kier alpha value is -3.09. The van der Waals surface area contributed by atoms with Gasteiger partial charge in [-0.3, -0.25) is 0 Å². The van der Waals surface area contributed by atoms with Crippen LogP contribution in [-0.4, -0.2) is 3.21 Å². The zero-order chi connectivity index (χ0) is 32.5. The number of halogens is 2. The molecule has 7 rings (SSSR count). The molecule has 0 N–H and O–H groups in total. The van der Waals surface area contributed by atoms with Crippen LogP contribution in [0.3, 0.4) is 0 Å². The van der Waals surface area contributed by atoms with E-state index in [1.807, 2.05) is 0 Å². The Morgan fingerprint density at radius 3 is 1.92 bits per heavy atom. The summed E-state index contributed by atoms with van der Waals surface area (Å²) >= 11 is -2.77. The van der Waals surface area contributed by atoms with E-state index >= 15 is 0 Å².